The van der Waals surface area contributed by atoms with E-state index in [-0.39, 0.29) is 0 Å². The molecule has 0 heteroatoms. The number of rotatable bonds is 6. The summed E-state index contributed by atoms with van der Waals surface area (Å²) < 4.78 is 0. The molecular weight excluding hydrogens is 180 g/mol. The molecule has 1 rings (SSSR count). The van der Waals surface area contributed by atoms with Gasteiger partial charge in [-0.2, -0.15) is 0 Å². The Kier molecular flexibility index (Phi) is 6.36. The zero-order valence-electron chi connectivity index (χ0n) is 11.1. The summed E-state index contributed by atoms with van der Waals surface area (Å²) in [6, 6.07) is 0. The van der Waals surface area contributed by atoms with Crippen molar-refractivity contribution >= 4 is 0 Å². The van der Waals surface area contributed by atoms with Crippen molar-refractivity contribution in [2.24, 2.45) is 17.8 Å². The van der Waals surface area contributed by atoms with Crippen LogP contribution in [-0.4, -0.2) is 0 Å². The first-order valence-corrected chi connectivity index (χ1v) is 7.27. The Bertz CT molecular complexity index is 150. The summed E-state index contributed by atoms with van der Waals surface area (Å²) in [6.07, 6.45) is 13.2. The van der Waals surface area contributed by atoms with Gasteiger partial charge in [0.15, 0.2) is 0 Å². The van der Waals surface area contributed by atoms with E-state index in [1.807, 2.05) is 0 Å². The standard InChI is InChI=1S/C15H30/c1-4-6-7-8-9-15-12-13(3)10-11-14(15)5-2/h13-15H,4-12H2,1-3H3. The second-order valence-corrected chi connectivity index (χ2v) is 5.70. The van der Waals surface area contributed by atoms with Crippen LogP contribution in [0.2, 0.25) is 0 Å². The highest BCUT2D eigenvalue weighted by atomic mass is 14.3. The third-order valence-corrected chi connectivity index (χ3v) is 4.35. The van der Waals surface area contributed by atoms with Gasteiger partial charge in [0.2, 0.25) is 0 Å². The fourth-order valence-electron chi connectivity index (χ4n) is 3.29. The molecular formula is C15H30. The molecule has 0 aromatic rings. The smallest absolute Gasteiger partial charge is 0.0383 e. The molecule has 0 aromatic carbocycles. The molecule has 0 heterocycles. The lowest BCUT2D eigenvalue weighted by atomic mass is 9.71. The van der Waals surface area contributed by atoms with Crippen molar-refractivity contribution < 1.29 is 0 Å². The molecule has 0 aromatic heterocycles. The molecule has 1 saturated carbocycles. The monoisotopic (exact) mass is 210 g/mol. The van der Waals surface area contributed by atoms with Gasteiger partial charge in [-0.3, -0.25) is 0 Å². The number of unbranched alkanes of at least 4 members (excludes halogenated alkanes) is 3. The molecule has 0 amide bonds. The number of hydrogen-bond acceptors (Lipinski definition) is 0. The molecule has 1 fully saturated rings. The zero-order valence-corrected chi connectivity index (χ0v) is 11.1. The average molecular weight is 210 g/mol. The molecule has 3 unspecified atom stereocenters. The Morgan fingerprint density at radius 1 is 0.933 bits per heavy atom. The van der Waals surface area contributed by atoms with E-state index in [2.05, 4.69) is 20.8 Å². The molecule has 0 bridgehead atoms. The van der Waals surface area contributed by atoms with Crippen LogP contribution in [0.1, 0.15) is 78.6 Å². The minimum absolute atomic E-state index is 1.00. The van der Waals surface area contributed by atoms with E-state index in [0.29, 0.717) is 0 Å². The van der Waals surface area contributed by atoms with Gasteiger partial charge in [-0.25, -0.2) is 0 Å². The van der Waals surface area contributed by atoms with Crippen molar-refractivity contribution in [1.82, 2.24) is 0 Å². The van der Waals surface area contributed by atoms with Gasteiger partial charge in [0.1, 0.15) is 0 Å². The van der Waals surface area contributed by atoms with E-state index >= 15 is 0 Å². The fraction of sp³-hybridized carbons (Fsp3) is 1.00. The molecule has 0 N–H and O–H groups in total. The predicted octanol–water partition coefficient (Wildman–Crippen LogP) is 5.42. The van der Waals surface area contributed by atoms with E-state index < -0.39 is 0 Å². The van der Waals surface area contributed by atoms with E-state index in [0.717, 1.165) is 17.8 Å². The molecule has 0 nitrogen and oxygen atoms in total. The molecule has 3 atom stereocenters. The Morgan fingerprint density at radius 2 is 1.73 bits per heavy atom. The van der Waals surface area contributed by atoms with Crippen LogP contribution in [0.4, 0.5) is 0 Å². The van der Waals surface area contributed by atoms with E-state index in [1.165, 1.54) is 57.8 Å². The quantitative estimate of drug-likeness (QED) is 0.514. The van der Waals surface area contributed by atoms with Gasteiger partial charge in [-0.15, -0.1) is 0 Å². The molecule has 1 aliphatic rings. The van der Waals surface area contributed by atoms with Gasteiger partial charge in [0, 0.05) is 0 Å². The first-order valence-electron chi connectivity index (χ1n) is 7.27. The lowest BCUT2D eigenvalue weighted by Gasteiger charge is -2.34. The van der Waals surface area contributed by atoms with Crippen molar-refractivity contribution in [1.29, 1.82) is 0 Å². The van der Waals surface area contributed by atoms with Gasteiger partial charge in [-0.1, -0.05) is 65.7 Å². The van der Waals surface area contributed by atoms with E-state index in [1.54, 1.807) is 0 Å². The second kappa shape index (κ2) is 7.30. The van der Waals surface area contributed by atoms with Crippen molar-refractivity contribution in [2.75, 3.05) is 0 Å². The average Bonchev–Trinajstić information content (AvgIpc) is 2.25. The Hall–Kier alpha value is 0. The lowest BCUT2D eigenvalue weighted by Crippen LogP contribution is -2.23. The maximum atomic E-state index is 2.45. The largest absolute Gasteiger partial charge is 0.0654 e. The third kappa shape index (κ3) is 4.57. The predicted molar refractivity (Wildman–Crippen MR) is 69.0 cm³/mol. The topological polar surface area (TPSA) is 0 Å². The second-order valence-electron chi connectivity index (χ2n) is 5.70. The number of hydrogen-bond donors (Lipinski definition) is 0. The van der Waals surface area contributed by atoms with E-state index in [9.17, 15) is 0 Å². The Balaban J connectivity index is 2.22. The van der Waals surface area contributed by atoms with Gasteiger partial charge >= 0.3 is 0 Å². The molecule has 0 saturated heterocycles. The normalized spacial score (nSPS) is 31.8. The highest BCUT2D eigenvalue weighted by Gasteiger charge is 2.26. The van der Waals surface area contributed by atoms with Crippen LogP contribution in [0.3, 0.4) is 0 Å². The van der Waals surface area contributed by atoms with E-state index in [4.69, 9.17) is 0 Å². The van der Waals surface area contributed by atoms with Crippen molar-refractivity contribution in [3.8, 4) is 0 Å². The summed E-state index contributed by atoms with van der Waals surface area (Å²) in [6.45, 7) is 7.14. The van der Waals surface area contributed by atoms with Crippen molar-refractivity contribution in [2.45, 2.75) is 78.6 Å². The van der Waals surface area contributed by atoms with Gasteiger partial charge in [0.05, 0.1) is 0 Å². The summed E-state index contributed by atoms with van der Waals surface area (Å²) in [5, 5.41) is 0. The summed E-state index contributed by atoms with van der Waals surface area (Å²) in [4.78, 5) is 0. The minimum atomic E-state index is 1.00. The van der Waals surface area contributed by atoms with Gasteiger partial charge in [-0.05, 0) is 30.6 Å². The summed E-state index contributed by atoms with van der Waals surface area (Å²) in [5.41, 5.74) is 0. The van der Waals surface area contributed by atoms with Gasteiger partial charge < -0.3 is 0 Å². The summed E-state index contributed by atoms with van der Waals surface area (Å²) >= 11 is 0. The molecule has 0 spiro atoms. The first kappa shape index (κ1) is 13.1. The highest BCUT2D eigenvalue weighted by Crippen LogP contribution is 2.38. The van der Waals surface area contributed by atoms with Gasteiger partial charge in [0.25, 0.3) is 0 Å². The van der Waals surface area contributed by atoms with Crippen LogP contribution < -0.4 is 0 Å². The first-order chi connectivity index (χ1) is 7.27. The molecule has 15 heavy (non-hydrogen) atoms. The Morgan fingerprint density at radius 3 is 2.40 bits per heavy atom. The lowest BCUT2D eigenvalue weighted by molar-refractivity contribution is 0.170. The molecule has 0 radical (unpaired) electrons. The fourth-order valence-corrected chi connectivity index (χ4v) is 3.29. The summed E-state index contributed by atoms with van der Waals surface area (Å²) in [5.74, 6) is 3.13. The molecule has 1 aliphatic carbocycles. The van der Waals surface area contributed by atoms with Crippen LogP contribution in [0.15, 0.2) is 0 Å². The van der Waals surface area contributed by atoms with Crippen LogP contribution in [-0.2, 0) is 0 Å². The highest BCUT2D eigenvalue weighted by molar-refractivity contribution is 4.77. The third-order valence-electron chi connectivity index (χ3n) is 4.35. The summed E-state index contributed by atoms with van der Waals surface area (Å²) in [7, 11) is 0. The molecule has 90 valence electrons. The van der Waals surface area contributed by atoms with Crippen molar-refractivity contribution in [3.05, 3.63) is 0 Å². The minimum Gasteiger partial charge on any atom is -0.0654 e. The van der Waals surface area contributed by atoms with Crippen LogP contribution >= 0.6 is 0 Å². The SMILES string of the molecule is CCCCCCC1CC(C)CCC1CC. The zero-order chi connectivity index (χ0) is 11.1. The van der Waals surface area contributed by atoms with Crippen LogP contribution in [0.25, 0.3) is 0 Å². The van der Waals surface area contributed by atoms with Crippen LogP contribution in [0, 0.1) is 17.8 Å². The molecule has 0 aliphatic heterocycles. The maximum Gasteiger partial charge on any atom is -0.0383 e. The van der Waals surface area contributed by atoms with Crippen molar-refractivity contribution in [3.63, 3.8) is 0 Å². The van der Waals surface area contributed by atoms with Crippen LogP contribution in [0.5, 0.6) is 0 Å². The Labute approximate surface area is 96.8 Å². The maximum absolute atomic E-state index is 2.45.